The van der Waals surface area contributed by atoms with Crippen LogP contribution in [0, 0.1) is 34.5 Å². The number of nitrogens with zero attached hydrogens (tertiary/aromatic N) is 3. The lowest BCUT2D eigenvalue weighted by Crippen LogP contribution is -2.42. The van der Waals surface area contributed by atoms with Gasteiger partial charge in [0.2, 0.25) is 11.8 Å². The molecule has 2 amide bonds. The summed E-state index contributed by atoms with van der Waals surface area (Å²) < 4.78 is 12.5. The third-order valence-corrected chi connectivity index (χ3v) is 8.03. The van der Waals surface area contributed by atoms with Crippen molar-refractivity contribution in [1.82, 2.24) is 0 Å². The molecule has 6 rings (SSSR count). The summed E-state index contributed by atoms with van der Waals surface area (Å²) in [6, 6.07) is 24.8. The Bertz CT molecular complexity index is 1550. The van der Waals surface area contributed by atoms with Gasteiger partial charge in [-0.25, -0.2) is 4.90 Å². The van der Waals surface area contributed by atoms with Gasteiger partial charge < -0.3 is 9.47 Å². The maximum absolute atomic E-state index is 14.1. The number of carbonyl (C=O) groups is 2. The summed E-state index contributed by atoms with van der Waals surface area (Å²) in [5, 5.41) is 20.2. The zero-order chi connectivity index (χ0) is 26.3. The lowest BCUT2D eigenvalue weighted by molar-refractivity contribution is -0.131. The van der Waals surface area contributed by atoms with Gasteiger partial charge >= 0.3 is 0 Å². The fraction of sp³-hybridized carbons (Fsp3) is 0.290. The number of fused-ring (bicyclic) bond motifs is 6. The molecule has 0 aromatic heterocycles. The van der Waals surface area contributed by atoms with Crippen molar-refractivity contribution in [3.8, 4) is 12.1 Å². The van der Waals surface area contributed by atoms with Crippen LogP contribution in [0.15, 0.2) is 78.9 Å². The molecule has 3 aromatic rings. The minimum absolute atomic E-state index is 0.204. The Morgan fingerprint density at radius 3 is 2.18 bits per heavy atom. The molecule has 7 heteroatoms. The van der Waals surface area contributed by atoms with Crippen molar-refractivity contribution < 1.29 is 19.1 Å². The second-order valence-electron chi connectivity index (χ2n) is 10.0. The Morgan fingerprint density at radius 1 is 0.842 bits per heavy atom. The van der Waals surface area contributed by atoms with Gasteiger partial charge in [-0.2, -0.15) is 10.5 Å². The molecule has 0 N–H and O–H groups in total. The quantitative estimate of drug-likeness (QED) is 0.248. The first kappa shape index (κ1) is 24.1. The number of hydrogen-bond donors (Lipinski definition) is 0. The lowest BCUT2D eigenvalue weighted by atomic mass is 9.69. The van der Waals surface area contributed by atoms with Gasteiger partial charge in [-0.05, 0) is 24.1 Å². The van der Waals surface area contributed by atoms with Crippen LogP contribution in [-0.2, 0) is 25.7 Å². The smallest absolute Gasteiger partial charge is 0.241 e. The van der Waals surface area contributed by atoms with E-state index in [1.54, 1.807) is 12.1 Å². The minimum atomic E-state index is -1.01. The van der Waals surface area contributed by atoms with Crippen molar-refractivity contribution in [2.75, 3.05) is 11.5 Å². The molecule has 4 atom stereocenters. The second kappa shape index (κ2) is 9.22. The fourth-order valence-corrected chi connectivity index (χ4v) is 6.33. The van der Waals surface area contributed by atoms with Crippen molar-refractivity contribution >= 4 is 28.3 Å². The van der Waals surface area contributed by atoms with E-state index in [-0.39, 0.29) is 18.2 Å². The average Bonchev–Trinajstić information content (AvgIpc) is 3.56. The van der Waals surface area contributed by atoms with E-state index in [0.29, 0.717) is 48.1 Å². The molecule has 3 aliphatic heterocycles. The van der Waals surface area contributed by atoms with Gasteiger partial charge in [0.1, 0.15) is 11.2 Å². The van der Waals surface area contributed by atoms with Gasteiger partial charge in [0.05, 0.1) is 48.4 Å². The molecule has 2 saturated heterocycles. The first-order valence-corrected chi connectivity index (χ1v) is 12.7. The van der Waals surface area contributed by atoms with Crippen LogP contribution >= 0.6 is 0 Å². The highest BCUT2D eigenvalue weighted by Gasteiger charge is 2.73. The van der Waals surface area contributed by atoms with Gasteiger partial charge in [0, 0.05) is 23.6 Å². The summed E-state index contributed by atoms with van der Waals surface area (Å²) in [5.41, 5.74) is -0.00295. The van der Waals surface area contributed by atoms with E-state index in [9.17, 15) is 20.1 Å². The number of amides is 2. The molecule has 3 heterocycles. The standard InChI is InChI=1S/C31H25N3O4/c32-17-6-13-30-14-15-31(38-30,16-18-37-20-21-7-2-1-3-8-21)27-26(30)28(35)34(29(27)36)25-12-11-22(19-33)23-9-4-5-10-24(23)25/h1-5,7-12,14-15,26-27H,6,13,16,18,20H2/t26-,27+,30?,31?/m1/s1. The van der Waals surface area contributed by atoms with Crippen LogP contribution in [0.25, 0.3) is 10.8 Å². The van der Waals surface area contributed by atoms with Crippen LogP contribution in [0.5, 0.6) is 0 Å². The predicted molar refractivity (Wildman–Crippen MR) is 139 cm³/mol. The number of nitriles is 2. The third kappa shape index (κ3) is 3.55. The van der Waals surface area contributed by atoms with Crippen LogP contribution in [0.4, 0.5) is 5.69 Å². The Morgan fingerprint density at radius 2 is 1.50 bits per heavy atom. The molecule has 0 spiro atoms. The van der Waals surface area contributed by atoms with Gasteiger partial charge in [-0.15, -0.1) is 0 Å². The van der Waals surface area contributed by atoms with Crippen LogP contribution in [-0.4, -0.2) is 29.6 Å². The van der Waals surface area contributed by atoms with Gasteiger partial charge in [-0.1, -0.05) is 66.7 Å². The molecule has 188 valence electrons. The zero-order valence-electron chi connectivity index (χ0n) is 20.7. The number of hydrogen-bond acceptors (Lipinski definition) is 6. The summed E-state index contributed by atoms with van der Waals surface area (Å²) in [6.07, 6.45) is 4.73. The van der Waals surface area contributed by atoms with E-state index in [1.807, 2.05) is 66.7 Å². The van der Waals surface area contributed by atoms with E-state index >= 15 is 0 Å². The maximum Gasteiger partial charge on any atom is 0.241 e. The molecule has 3 aromatic carbocycles. The predicted octanol–water partition coefficient (Wildman–Crippen LogP) is 4.81. The van der Waals surface area contributed by atoms with Crippen molar-refractivity contribution in [3.63, 3.8) is 0 Å². The number of imide groups is 1. The van der Waals surface area contributed by atoms with E-state index in [0.717, 1.165) is 5.56 Å². The molecule has 0 saturated carbocycles. The number of benzene rings is 3. The SMILES string of the molecule is N#CCCC12C=CC(CCOCc3ccccc3)(O1)[C@@H]1C(=O)N(c3ccc(C#N)c4ccccc34)C(=O)[C@@H]12. The van der Waals surface area contributed by atoms with Crippen LogP contribution in [0.2, 0.25) is 0 Å². The van der Waals surface area contributed by atoms with Crippen molar-refractivity contribution in [3.05, 3.63) is 90.0 Å². The summed E-state index contributed by atoms with van der Waals surface area (Å²) in [7, 11) is 0. The summed E-state index contributed by atoms with van der Waals surface area (Å²) in [4.78, 5) is 29.4. The van der Waals surface area contributed by atoms with Gasteiger partial charge in [-0.3, -0.25) is 9.59 Å². The highest BCUT2D eigenvalue weighted by molar-refractivity contribution is 6.26. The first-order valence-electron chi connectivity index (χ1n) is 12.7. The Balaban J connectivity index is 1.34. The number of carbonyl (C=O) groups excluding carboxylic acids is 2. The average molecular weight is 504 g/mol. The Kier molecular flexibility index (Phi) is 5.84. The maximum atomic E-state index is 14.1. The first-order chi connectivity index (χ1) is 18.5. The molecule has 0 radical (unpaired) electrons. The zero-order valence-corrected chi connectivity index (χ0v) is 20.7. The van der Waals surface area contributed by atoms with E-state index in [1.165, 1.54) is 4.90 Å². The van der Waals surface area contributed by atoms with Crippen molar-refractivity contribution in [2.24, 2.45) is 11.8 Å². The normalized spacial score (nSPS) is 27.1. The van der Waals surface area contributed by atoms with Crippen LogP contribution in [0.3, 0.4) is 0 Å². The Hall–Kier alpha value is -4.30. The lowest BCUT2D eigenvalue weighted by Gasteiger charge is -2.30. The summed E-state index contributed by atoms with van der Waals surface area (Å²) in [6.45, 7) is 0.780. The third-order valence-electron chi connectivity index (χ3n) is 8.03. The molecule has 38 heavy (non-hydrogen) atoms. The molecule has 3 aliphatic rings. The molecule has 2 fully saturated rings. The van der Waals surface area contributed by atoms with Gasteiger partial charge in [0.15, 0.2) is 0 Å². The molecule has 2 bridgehead atoms. The van der Waals surface area contributed by atoms with E-state index in [4.69, 9.17) is 9.47 Å². The topological polar surface area (TPSA) is 103 Å². The minimum Gasteiger partial charge on any atom is -0.377 e. The number of ether oxygens (including phenoxy) is 2. The van der Waals surface area contributed by atoms with Crippen molar-refractivity contribution in [2.45, 2.75) is 37.1 Å². The Labute approximate surface area is 220 Å². The molecular weight excluding hydrogens is 478 g/mol. The fourth-order valence-electron chi connectivity index (χ4n) is 6.33. The van der Waals surface area contributed by atoms with E-state index < -0.39 is 23.0 Å². The van der Waals surface area contributed by atoms with Crippen LogP contribution in [0.1, 0.15) is 30.4 Å². The molecule has 7 nitrogen and oxygen atoms in total. The molecule has 0 aliphatic carbocycles. The highest BCUT2D eigenvalue weighted by atomic mass is 16.5. The van der Waals surface area contributed by atoms with Crippen LogP contribution < -0.4 is 4.90 Å². The molecular formula is C31H25N3O4. The van der Waals surface area contributed by atoms with E-state index in [2.05, 4.69) is 12.1 Å². The highest BCUT2D eigenvalue weighted by Crippen LogP contribution is 2.60. The monoisotopic (exact) mass is 503 g/mol. The summed E-state index contributed by atoms with van der Waals surface area (Å²) in [5.74, 6) is -2.09. The second-order valence-corrected chi connectivity index (χ2v) is 10.0. The largest absolute Gasteiger partial charge is 0.377 e. The number of rotatable bonds is 8. The van der Waals surface area contributed by atoms with Crippen molar-refractivity contribution in [1.29, 1.82) is 10.5 Å². The molecule has 2 unspecified atom stereocenters. The summed E-state index contributed by atoms with van der Waals surface area (Å²) >= 11 is 0. The number of anilines is 1. The van der Waals surface area contributed by atoms with Gasteiger partial charge in [0.25, 0.3) is 0 Å².